The zero-order valence-corrected chi connectivity index (χ0v) is 17.2. The van der Waals surface area contributed by atoms with Crippen molar-refractivity contribution in [3.63, 3.8) is 0 Å². The van der Waals surface area contributed by atoms with Crippen LogP contribution in [0.15, 0.2) is 0 Å². The lowest BCUT2D eigenvalue weighted by Gasteiger charge is -2.52. The van der Waals surface area contributed by atoms with Gasteiger partial charge in [-0.2, -0.15) is 0 Å². The van der Waals surface area contributed by atoms with Crippen LogP contribution in [-0.4, -0.2) is 5.78 Å². The minimum atomic E-state index is -0.251. The molecule has 0 heterocycles. The smallest absolute Gasteiger partial charge is 0.145 e. The molecule has 0 aliphatic carbocycles. The summed E-state index contributed by atoms with van der Waals surface area (Å²) in [5.41, 5.74) is -0.407. The number of hydrogen-bond donors (Lipinski definition) is 0. The molecule has 0 aliphatic heterocycles. The normalized spacial score (nSPS) is 18.6. The predicted octanol–water partition coefficient (Wildman–Crippen LogP) is 7.04. The van der Waals surface area contributed by atoms with Crippen molar-refractivity contribution in [1.82, 2.24) is 0 Å². The number of hydrogen-bond acceptors (Lipinski definition) is 1. The van der Waals surface area contributed by atoms with Crippen molar-refractivity contribution in [1.29, 1.82) is 0 Å². The second-order valence-electron chi connectivity index (χ2n) is 8.97. The van der Waals surface area contributed by atoms with Crippen LogP contribution in [0.25, 0.3) is 0 Å². The van der Waals surface area contributed by atoms with Gasteiger partial charge in [-0.05, 0) is 36.5 Å². The van der Waals surface area contributed by atoms with E-state index < -0.39 is 0 Å². The van der Waals surface area contributed by atoms with Crippen molar-refractivity contribution >= 4 is 5.78 Å². The van der Waals surface area contributed by atoms with Crippen molar-refractivity contribution in [2.45, 2.75) is 108 Å². The molecular formula is C21H42O. The average molecular weight is 311 g/mol. The van der Waals surface area contributed by atoms with Crippen LogP contribution in [0, 0.1) is 21.7 Å². The number of Topliss-reactive ketones (excluding diaryl/α,β-unsaturated/α-hetero) is 1. The molecule has 1 nitrogen and oxygen atoms in total. The van der Waals surface area contributed by atoms with E-state index in [0.717, 1.165) is 38.5 Å². The third-order valence-electron chi connectivity index (χ3n) is 7.15. The van der Waals surface area contributed by atoms with Crippen LogP contribution < -0.4 is 0 Å². The first kappa shape index (κ1) is 21.7. The van der Waals surface area contributed by atoms with Crippen LogP contribution in [0.5, 0.6) is 0 Å². The Bertz CT molecular complexity index is 332. The van der Waals surface area contributed by atoms with Gasteiger partial charge in [0.15, 0.2) is 0 Å². The van der Waals surface area contributed by atoms with Gasteiger partial charge in [0.25, 0.3) is 0 Å². The zero-order valence-electron chi connectivity index (χ0n) is 17.2. The molecule has 0 bridgehead atoms. The molecule has 0 rings (SSSR count). The standard InChI is InChI=1S/C21H42O/c1-11-15-18(5,6)20(9,13-3)17(22)21(10,14-4)19(7,8)16-12-2/h11-16H2,1-10H3. The fourth-order valence-electron chi connectivity index (χ4n) is 4.30. The first-order valence-corrected chi connectivity index (χ1v) is 9.45. The van der Waals surface area contributed by atoms with Gasteiger partial charge in [-0.3, -0.25) is 4.79 Å². The molecule has 0 amide bonds. The van der Waals surface area contributed by atoms with Crippen molar-refractivity contribution in [2.75, 3.05) is 0 Å². The maximum Gasteiger partial charge on any atom is 0.145 e. The second-order valence-corrected chi connectivity index (χ2v) is 8.97. The lowest BCUT2D eigenvalue weighted by atomic mass is 9.50. The topological polar surface area (TPSA) is 17.1 Å². The van der Waals surface area contributed by atoms with Gasteiger partial charge in [0, 0.05) is 10.8 Å². The van der Waals surface area contributed by atoms with E-state index in [1.54, 1.807) is 0 Å². The fourth-order valence-corrected chi connectivity index (χ4v) is 4.30. The molecule has 0 aromatic carbocycles. The summed E-state index contributed by atoms with van der Waals surface area (Å²) in [6.07, 6.45) is 6.34. The first-order chi connectivity index (χ1) is 9.90. The molecule has 0 saturated carbocycles. The molecule has 1 heteroatoms. The van der Waals surface area contributed by atoms with E-state index >= 15 is 0 Å². The van der Waals surface area contributed by atoms with Crippen LogP contribution in [0.4, 0.5) is 0 Å². The summed E-state index contributed by atoms with van der Waals surface area (Å²) in [4.78, 5) is 13.8. The van der Waals surface area contributed by atoms with Crippen LogP contribution in [-0.2, 0) is 4.79 Å². The van der Waals surface area contributed by atoms with Crippen molar-refractivity contribution in [2.24, 2.45) is 21.7 Å². The highest BCUT2D eigenvalue weighted by molar-refractivity contribution is 5.91. The monoisotopic (exact) mass is 310 g/mol. The lowest BCUT2D eigenvalue weighted by Crippen LogP contribution is -2.53. The van der Waals surface area contributed by atoms with E-state index in [2.05, 4.69) is 69.2 Å². The van der Waals surface area contributed by atoms with Gasteiger partial charge in [0.05, 0.1) is 0 Å². The molecule has 0 fully saturated rings. The van der Waals surface area contributed by atoms with E-state index in [9.17, 15) is 4.79 Å². The van der Waals surface area contributed by atoms with E-state index in [0.29, 0.717) is 5.78 Å². The number of carbonyl (C=O) groups excluding carboxylic acids is 1. The Balaban J connectivity index is 5.93. The molecular weight excluding hydrogens is 268 g/mol. The molecule has 2 unspecified atom stereocenters. The molecule has 0 aromatic heterocycles. The van der Waals surface area contributed by atoms with Gasteiger partial charge in [0.2, 0.25) is 0 Å². The summed E-state index contributed by atoms with van der Waals surface area (Å²) in [5, 5.41) is 0. The highest BCUT2D eigenvalue weighted by Gasteiger charge is 2.55. The van der Waals surface area contributed by atoms with Crippen molar-refractivity contribution < 1.29 is 4.79 Å². The summed E-state index contributed by atoms with van der Waals surface area (Å²) in [5.74, 6) is 0.488. The predicted molar refractivity (Wildman–Crippen MR) is 99.2 cm³/mol. The fraction of sp³-hybridized carbons (Fsp3) is 0.952. The van der Waals surface area contributed by atoms with Crippen LogP contribution in [0.1, 0.15) is 108 Å². The van der Waals surface area contributed by atoms with Gasteiger partial charge in [-0.25, -0.2) is 0 Å². The molecule has 2 atom stereocenters. The Morgan fingerprint density at radius 2 is 0.909 bits per heavy atom. The Morgan fingerprint density at radius 3 is 1.09 bits per heavy atom. The summed E-state index contributed by atoms with van der Waals surface area (Å²) < 4.78 is 0. The summed E-state index contributed by atoms with van der Waals surface area (Å²) in [6.45, 7) is 22.5. The van der Waals surface area contributed by atoms with E-state index in [-0.39, 0.29) is 21.7 Å². The molecule has 0 radical (unpaired) electrons. The SMILES string of the molecule is CCCC(C)(C)C(C)(CC)C(=O)C(C)(CC)C(C)(C)CCC. The Hall–Kier alpha value is -0.330. The summed E-state index contributed by atoms with van der Waals surface area (Å²) in [7, 11) is 0. The van der Waals surface area contributed by atoms with Crippen LogP contribution in [0.3, 0.4) is 0 Å². The molecule has 0 saturated heterocycles. The van der Waals surface area contributed by atoms with Gasteiger partial charge >= 0.3 is 0 Å². The van der Waals surface area contributed by atoms with Gasteiger partial charge in [0.1, 0.15) is 5.78 Å². The highest BCUT2D eigenvalue weighted by Crippen LogP contribution is 2.55. The molecule has 0 spiro atoms. The van der Waals surface area contributed by atoms with Crippen LogP contribution in [0.2, 0.25) is 0 Å². The third-order valence-corrected chi connectivity index (χ3v) is 7.15. The minimum Gasteiger partial charge on any atom is -0.298 e. The van der Waals surface area contributed by atoms with E-state index in [1.807, 2.05) is 0 Å². The third kappa shape index (κ3) is 3.60. The van der Waals surface area contributed by atoms with Crippen LogP contribution >= 0.6 is 0 Å². The minimum absolute atomic E-state index is 0.0479. The largest absolute Gasteiger partial charge is 0.298 e. The number of rotatable bonds is 10. The molecule has 22 heavy (non-hydrogen) atoms. The Labute approximate surface area is 140 Å². The van der Waals surface area contributed by atoms with Gasteiger partial charge in [-0.1, -0.05) is 82.1 Å². The maximum absolute atomic E-state index is 13.8. The van der Waals surface area contributed by atoms with E-state index in [1.165, 1.54) is 0 Å². The quantitative estimate of drug-likeness (QED) is 0.423. The number of ketones is 1. The second kappa shape index (κ2) is 7.49. The van der Waals surface area contributed by atoms with Gasteiger partial charge in [-0.15, -0.1) is 0 Å². The highest BCUT2D eigenvalue weighted by atomic mass is 16.1. The summed E-state index contributed by atoms with van der Waals surface area (Å²) >= 11 is 0. The van der Waals surface area contributed by atoms with Crippen molar-refractivity contribution in [3.8, 4) is 0 Å². The molecule has 0 aliphatic rings. The maximum atomic E-state index is 13.8. The average Bonchev–Trinajstić information content (AvgIpc) is 2.44. The zero-order chi connectivity index (χ0) is 17.8. The van der Waals surface area contributed by atoms with E-state index in [4.69, 9.17) is 0 Å². The molecule has 132 valence electrons. The molecule has 0 aromatic rings. The number of carbonyl (C=O) groups is 1. The Kier molecular flexibility index (Phi) is 7.38. The van der Waals surface area contributed by atoms with Crippen molar-refractivity contribution in [3.05, 3.63) is 0 Å². The van der Waals surface area contributed by atoms with Gasteiger partial charge < -0.3 is 0 Å². The Morgan fingerprint density at radius 1 is 0.636 bits per heavy atom. The summed E-state index contributed by atoms with van der Waals surface area (Å²) in [6, 6.07) is 0. The molecule has 0 N–H and O–H groups in total. The first-order valence-electron chi connectivity index (χ1n) is 9.45. The lowest BCUT2D eigenvalue weighted by molar-refractivity contribution is -0.153.